The summed E-state index contributed by atoms with van der Waals surface area (Å²) in [5.74, 6) is 0.0821. The van der Waals surface area contributed by atoms with Gasteiger partial charge >= 0.3 is 0 Å². The number of amides is 1. The predicted octanol–water partition coefficient (Wildman–Crippen LogP) is 1.76. The first-order valence-electron chi connectivity index (χ1n) is 4.74. The van der Waals surface area contributed by atoms with Crippen molar-refractivity contribution in [1.29, 1.82) is 0 Å². The van der Waals surface area contributed by atoms with Gasteiger partial charge in [-0.2, -0.15) is 0 Å². The standard InChI is InChI=1S/C9H8BrClN2O4S/c10-4-18(15,16)13-6-2-8-7(1-5(6)11)12-9(14)3-17-8/h1-2,13H,3-4H2,(H,12,14). The summed E-state index contributed by atoms with van der Waals surface area (Å²) in [6.45, 7) is -0.112. The molecule has 0 unspecified atom stereocenters. The molecule has 0 aliphatic carbocycles. The highest BCUT2D eigenvalue weighted by atomic mass is 79.9. The van der Waals surface area contributed by atoms with Crippen LogP contribution in [0.25, 0.3) is 0 Å². The highest BCUT2D eigenvalue weighted by Crippen LogP contribution is 2.36. The van der Waals surface area contributed by atoms with Gasteiger partial charge in [0, 0.05) is 6.07 Å². The minimum Gasteiger partial charge on any atom is -0.482 e. The Labute approximate surface area is 117 Å². The van der Waals surface area contributed by atoms with Crippen LogP contribution in [0.2, 0.25) is 5.02 Å². The van der Waals surface area contributed by atoms with Gasteiger partial charge in [-0.25, -0.2) is 8.42 Å². The average molecular weight is 356 g/mol. The normalized spacial score (nSPS) is 14.4. The van der Waals surface area contributed by atoms with E-state index < -0.39 is 10.0 Å². The third kappa shape index (κ3) is 2.88. The molecule has 9 heteroatoms. The molecule has 1 amide bonds. The van der Waals surface area contributed by atoms with Crippen molar-refractivity contribution in [3.8, 4) is 5.75 Å². The molecule has 0 radical (unpaired) electrons. The van der Waals surface area contributed by atoms with Crippen LogP contribution in [0.3, 0.4) is 0 Å². The Morgan fingerprint density at radius 1 is 1.50 bits per heavy atom. The number of alkyl halides is 1. The summed E-state index contributed by atoms with van der Waals surface area (Å²) >= 11 is 8.78. The number of sulfonamides is 1. The molecule has 1 aliphatic rings. The highest BCUT2D eigenvalue weighted by Gasteiger charge is 2.19. The zero-order valence-corrected chi connectivity index (χ0v) is 12.0. The fourth-order valence-corrected chi connectivity index (χ4v) is 2.54. The molecule has 0 saturated carbocycles. The second kappa shape index (κ2) is 4.94. The summed E-state index contributed by atoms with van der Waals surface area (Å²) in [7, 11) is -3.49. The number of carbonyl (C=O) groups is 1. The van der Waals surface area contributed by atoms with Crippen LogP contribution < -0.4 is 14.8 Å². The molecule has 1 aromatic rings. The fourth-order valence-electron chi connectivity index (χ4n) is 1.37. The minimum absolute atomic E-state index is 0.112. The molecule has 98 valence electrons. The number of hydrogen-bond acceptors (Lipinski definition) is 4. The van der Waals surface area contributed by atoms with Crippen LogP contribution in [-0.4, -0.2) is 25.6 Å². The van der Waals surface area contributed by atoms with E-state index in [4.69, 9.17) is 16.3 Å². The van der Waals surface area contributed by atoms with Gasteiger partial charge in [0.15, 0.2) is 6.61 Å². The SMILES string of the molecule is O=C1COc2cc(NS(=O)(=O)CBr)c(Cl)cc2N1. The van der Waals surface area contributed by atoms with Gasteiger partial charge in [0.05, 0.1) is 16.4 Å². The van der Waals surface area contributed by atoms with Crippen LogP contribution >= 0.6 is 27.5 Å². The smallest absolute Gasteiger partial charge is 0.262 e. The number of nitrogens with one attached hydrogen (secondary N) is 2. The number of anilines is 2. The monoisotopic (exact) mass is 354 g/mol. The van der Waals surface area contributed by atoms with E-state index in [0.717, 1.165) is 0 Å². The van der Waals surface area contributed by atoms with Crippen LogP contribution in [-0.2, 0) is 14.8 Å². The third-order valence-electron chi connectivity index (χ3n) is 2.11. The summed E-state index contributed by atoms with van der Waals surface area (Å²) in [5, 5.41) is 2.74. The summed E-state index contributed by atoms with van der Waals surface area (Å²) in [6.07, 6.45) is 0. The summed E-state index contributed by atoms with van der Waals surface area (Å²) < 4.78 is 30.0. The minimum atomic E-state index is -3.49. The highest BCUT2D eigenvalue weighted by molar-refractivity contribution is 9.10. The molecule has 0 saturated heterocycles. The summed E-state index contributed by atoms with van der Waals surface area (Å²) in [4.78, 5) is 11.1. The molecule has 0 atom stereocenters. The van der Waals surface area contributed by atoms with Crippen LogP contribution in [0, 0.1) is 0 Å². The van der Waals surface area contributed by atoms with E-state index in [1.807, 2.05) is 0 Å². The Morgan fingerprint density at radius 3 is 2.89 bits per heavy atom. The third-order valence-corrected chi connectivity index (χ3v) is 5.05. The van der Waals surface area contributed by atoms with Gasteiger partial charge in [0.2, 0.25) is 10.0 Å². The number of carbonyl (C=O) groups excluding carboxylic acids is 1. The predicted molar refractivity (Wildman–Crippen MR) is 71.9 cm³/mol. The number of hydrogen-bond donors (Lipinski definition) is 2. The molecule has 0 fully saturated rings. The first-order valence-corrected chi connectivity index (χ1v) is 7.89. The van der Waals surface area contributed by atoms with Gasteiger partial charge in [-0.15, -0.1) is 0 Å². The topological polar surface area (TPSA) is 84.5 Å². The van der Waals surface area contributed by atoms with E-state index >= 15 is 0 Å². The van der Waals surface area contributed by atoms with Crippen molar-refractivity contribution in [1.82, 2.24) is 0 Å². The van der Waals surface area contributed by atoms with Crippen molar-refractivity contribution < 1.29 is 17.9 Å². The molecule has 0 aromatic heterocycles. The molecular weight excluding hydrogens is 348 g/mol. The van der Waals surface area contributed by atoms with Crippen LogP contribution in [0.15, 0.2) is 12.1 Å². The summed E-state index contributed by atoms with van der Waals surface area (Å²) in [5.41, 5.74) is 0.615. The maximum atomic E-state index is 11.4. The molecule has 1 aromatic carbocycles. The molecule has 0 spiro atoms. The molecule has 0 bridgehead atoms. The number of fused-ring (bicyclic) bond motifs is 1. The largest absolute Gasteiger partial charge is 0.482 e. The van der Waals surface area contributed by atoms with Gasteiger partial charge in [-0.05, 0) is 6.07 Å². The zero-order chi connectivity index (χ0) is 13.3. The molecule has 18 heavy (non-hydrogen) atoms. The average Bonchev–Trinajstić information content (AvgIpc) is 2.30. The second-order valence-electron chi connectivity index (χ2n) is 3.49. The Kier molecular flexibility index (Phi) is 3.69. The molecule has 1 aliphatic heterocycles. The molecule has 1 heterocycles. The van der Waals surface area contributed by atoms with Crippen LogP contribution in [0.4, 0.5) is 11.4 Å². The molecule has 6 nitrogen and oxygen atoms in total. The van der Waals surface area contributed by atoms with Crippen molar-refractivity contribution in [3.05, 3.63) is 17.2 Å². The lowest BCUT2D eigenvalue weighted by molar-refractivity contribution is -0.118. The van der Waals surface area contributed by atoms with Gasteiger partial charge in [-0.1, -0.05) is 27.5 Å². The van der Waals surface area contributed by atoms with Gasteiger partial charge in [-0.3, -0.25) is 9.52 Å². The first kappa shape index (κ1) is 13.4. The van der Waals surface area contributed by atoms with Crippen molar-refractivity contribution in [2.24, 2.45) is 0 Å². The van der Waals surface area contributed by atoms with E-state index in [0.29, 0.717) is 11.4 Å². The maximum Gasteiger partial charge on any atom is 0.262 e. The Hall–Kier alpha value is -0.990. The molecule has 2 rings (SSSR count). The lowest BCUT2D eigenvalue weighted by Crippen LogP contribution is -2.25. The van der Waals surface area contributed by atoms with Crippen LogP contribution in [0.5, 0.6) is 5.75 Å². The zero-order valence-electron chi connectivity index (χ0n) is 8.87. The Balaban J connectivity index is 2.37. The number of rotatable bonds is 3. The number of benzene rings is 1. The number of halogens is 2. The van der Waals surface area contributed by atoms with E-state index in [2.05, 4.69) is 26.0 Å². The molecule has 2 N–H and O–H groups in total. The fraction of sp³-hybridized carbons (Fsp3) is 0.222. The van der Waals surface area contributed by atoms with Crippen LogP contribution in [0.1, 0.15) is 0 Å². The van der Waals surface area contributed by atoms with E-state index in [-0.39, 0.29) is 27.9 Å². The van der Waals surface area contributed by atoms with Crippen molar-refractivity contribution in [2.45, 2.75) is 0 Å². The Morgan fingerprint density at radius 2 is 2.22 bits per heavy atom. The van der Waals surface area contributed by atoms with Crippen molar-refractivity contribution in [3.63, 3.8) is 0 Å². The number of ether oxygens (including phenoxy) is 1. The van der Waals surface area contributed by atoms with Crippen molar-refractivity contribution >= 4 is 54.8 Å². The lowest BCUT2D eigenvalue weighted by atomic mass is 10.2. The second-order valence-corrected chi connectivity index (χ2v) is 6.92. The Bertz CT molecular complexity index is 605. The maximum absolute atomic E-state index is 11.4. The van der Waals surface area contributed by atoms with E-state index in [9.17, 15) is 13.2 Å². The van der Waals surface area contributed by atoms with Crippen molar-refractivity contribution in [2.75, 3.05) is 21.3 Å². The van der Waals surface area contributed by atoms with E-state index in [1.165, 1.54) is 12.1 Å². The summed E-state index contributed by atoms with van der Waals surface area (Å²) in [6, 6.07) is 2.86. The first-order chi connectivity index (χ1) is 8.41. The van der Waals surface area contributed by atoms with E-state index in [1.54, 1.807) is 0 Å². The van der Waals surface area contributed by atoms with Gasteiger partial charge in [0.25, 0.3) is 5.91 Å². The van der Waals surface area contributed by atoms with Gasteiger partial charge < -0.3 is 10.1 Å². The van der Waals surface area contributed by atoms with Gasteiger partial charge in [0.1, 0.15) is 10.4 Å². The lowest BCUT2D eigenvalue weighted by Gasteiger charge is -2.19. The molecular formula is C9H8BrClN2O4S. The quantitative estimate of drug-likeness (QED) is 0.809.